The van der Waals surface area contributed by atoms with Crippen molar-refractivity contribution < 1.29 is 0 Å². The van der Waals surface area contributed by atoms with E-state index in [0.717, 1.165) is 30.3 Å². The quantitative estimate of drug-likeness (QED) is 0.841. The predicted molar refractivity (Wildman–Crippen MR) is 68.0 cm³/mol. The number of hydrogen-bond donors (Lipinski definition) is 2. The third kappa shape index (κ3) is 2.20. The first-order valence-corrected chi connectivity index (χ1v) is 5.79. The van der Waals surface area contributed by atoms with Gasteiger partial charge in [-0.25, -0.2) is 4.98 Å². The second-order valence-corrected chi connectivity index (χ2v) is 4.06. The molecule has 0 radical (unpaired) electrons. The first-order valence-electron chi connectivity index (χ1n) is 5.79. The van der Waals surface area contributed by atoms with Gasteiger partial charge in [0.2, 0.25) is 0 Å². The summed E-state index contributed by atoms with van der Waals surface area (Å²) in [7, 11) is 0. The largest absolute Gasteiger partial charge is 0.369 e. The minimum atomic E-state index is 0.701. The van der Waals surface area contributed by atoms with Gasteiger partial charge in [-0.15, -0.1) is 0 Å². The molecule has 0 bridgehead atoms. The van der Waals surface area contributed by atoms with E-state index in [2.05, 4.69) is 26.7 Å². The van der Waals surface area contributed by atoms with E-state index < -0.39 is 0 Å². The number of aromatic nitrogens is 2. The molecule has 0 aromatic carbocycles. The molecule has 3 heterocycles. The Bertz CT molecular complexity index is 510. The second kappa shape index (κ2) is 4.41. The van der Waals surface area contributed by atoms with Crippen LogP contribution in [0.1, 0.15) is 11.3 Å². The summed E-state index contributed by atoms with van der Waals surface area (Å²) in [6, 6.07) is 10.1. The van der Waals surface area contributed by atoms with Crippen LogP contribution in [0, 0.1) is 0 Å². The Kier molecular flexibility index (Phi) is 2.62. The van der Waals surface area contributed by atoms with Gasteiger partial charge < -0.3 is 10.6 Å². The van der Waals surface area contributed by atoms with E-state index in [9.17, 15) is 0 Å². The van der Waals surface area contributed by atoms with Crippen molar-refractivity contribution in [3.63, 3.8) is 0 Å². The summed E-state index contributed by atoms with van der Waals surface area (Å²) in [5.74, 6) is 1.90. The summed E-state index contributed by atoms with van der Waals surface area (Å²) in [5.41, 5.74) is 2.32. The highest BCUT2D eigenvalue weighted by Gasteiger charge is 2.11. The minimum absolute atomic E-state index is 0.701. The fourth-order valence-electron chi connectivity index (χ4n) is 1.94. The summed E-state index contributed by atoms with van der Waals surface area (Å²) in [5, 5.41) is 6.55. The standard InChI is InChI=1S/C13H14N4/c1-2-7-14-11(3-1)9-16-12-5-4-10-6-8-15-13(10)17-12/h1-5,7H,6,8-9H2,(H2,15,16,17). The maximum Gasteiger partial charge on any atom is 0.131 e. The third-order valence-corrected chi connectivity index (χ3v) is 2.84. The van der Waals surface area contributed by atoms with Crippen LogP contribution in [0.2, 0.25) is 0 Å². The molecule has 2 N–H and O–H groups in total. The molecule has 4 nitrogen and oxygen atoms in total. The zero-order valence-corrected chi connectivity index (χ0v) is 9.48. The van der Waals surface area contributed by atoms with Gasteiger partial charge in [0, 0.05) is 12.7 Å². The Hall–Kier alpha value is -2.10. The molecule has 1 aliphatic heterocycles. The van der Waals surface area contributed by atoms with Crippen molar-refractivity contribution in [2.24, 2.45) is 0 Å². The number of nitrogens with zero attached hydrogens (tertiary/aromatic N) is 2. The van der Waals surface area contributed by atoms with Crippen molar-refractivity contribution in [1.29, 1.82) is 0 Å². The lowest BCUT2D eigenvalue weighted by Crippen LogP contribution is -2.03. The van der Waals surface area contributed by atoms with Crippen LogP contribution in [0.4, 0.5) is 11.6 Å². The van der Waals surface area contributed by atoms with E-state index in [1.54, 1.807) is 6.20 Å². The molecule has 2 aromatic rings. The maximum atomic E-state index is 4.52. The Balaban J connectivity index is 1.70. The molecule has 0 spiro atoms. The first-order chi connectivity index (χ1) is 8.42. The smallest absolute Gasteiger partial charge is 0.131 e. The zero-order valence-electron chi connectivity index (χ0n) is 9.48. The molecule has 0 saturated carbocycles. The topological polar surface area (TPSA) is 49.8 Å². The van der Waals surface area contributed by atoms with Gasteiger partial charge in [0.15, 0.2) is 0 Å². The SMILES string of the molecule is c1ccc(CNc2ccc3c(n2)NCC3)nc1. The number of anilines is 2. The Morgan fingerprint density at radius 1 is 1.24 bits per heavy atom. The van der Waals surface area contributed by atoms with Gasteiger partial charge >= 0.3 is 0 Å². The molecule has 0 amide bonds. The van der Waals surface area contributed by atoms with Crippen LogP contribution in [-0.2, 0) is 13.0 Å². The molecule has 17 heavy (non-hydrogen) atoms. The molecule has 4 heteroatoms. The summed E-state index contributed by atoms with van der Waals surface area (Å²) >= 11 is 0. The van der Waals surface area contributed by atoms with Gasteiger partial charge in [-0.3, -0.25) is 4.98 Å². The van der Waals surface area contributed by atoms with Crippen LogP contribution in [0.3, 0.4) is 0 Å². The van der Waals surface area contributed by atoms with Crippen molar-refractivity contribution in [2.75, 3.05) is 17.2 Å². The van der Waals surface area contributed by atoms with Crippen LogP contribution in [-0.4, -0.2) is 16.5 Å². The van der Waals surface area contributed by atoms with E-state index in [1.165, 1.54) is 5.56 Å². The molecular weight excluding hydrogens is 212 g/mol. The van der Waals surface area contributed by atoms with E-state index in [1.807, 2.05) is 24.3 Å². The summed E-state index contributed by atoms with van der Waals surface area (Å²) in [6.45, 7) is 1.69. The number of nitrogens with one attached hydrogen (secondary N) is 2. The van der Waals surface area contributed by atoms with Gasteiger partial charge in [0.25, 0.3) is 0 Å². The van der Waals surface area contributed by atoms with Crippen LogP contribution in [0.15, 0.2) is 36.5 Å². The molecule has 0 fully saturated rings. The molecule has 1 aliphatic rings. The van der Waals surface area contributed by atoms with Crippen LogP contribution in [0.5, 0.6) is 0 Å². The molecule has 0 saturated heterocycles. The van der Waals surface area contributed by atoms with E-state index in [0.29, 0.717) is 6.54 Å². The van der Waals surface area contributed by atoms with Crippen molar-refractivity contribution in [1.82, 2.24) is 9.97 Å². The highest BCUT2D eigenvalue weighted by atomic mass is 15.1. The lowest BCUT2D eigenvalue weighted by molar-refractivity contribution is 1.03. The second-order valence-electron chi connectivity index (χ2n) is 4.06. The van der Waals surface area contributed by atoms with E-state index >= 15 is 0 Å². The molecule has 0 aliphatic carbocycles. The van der Waals surface area contributed by atoms with Gasteiger partial charge in [0.1, 0.15) is 11.6 Å². The van der Waals surface area contributed by atoms with E-state index in [-0.39, 0.29) is 0 Å². The number of pyridine rings is 2. The van der Waals surface area contributed by atoms with Gasteiger partial charge in [-0.1, -0.05) is 12.1 Å². The van der Waals surface area contributed by atoms with Crippen LogP contribution in [0.25, 0.3) is 0 Å². The summed E-state index contributed by atoms with van der Waals surface area (Å²) in [4.78, 5) is 8.78. The predicted octanol–water partition coefficient (Wildman–Crippen LogP) is 2.06. The molecule has 0 atom stereocenters. The maximum absolute atomic E-state index is 4.52. The zero-order chi connectivity index (χ0) is 11.5. The summed E-state index contributed by atoms with van der Waals surface area (Å²) in [6.07, 6.45) is 2.87. The Morgan fingerprint density at radius 2 is 2.24 bits per heavy atom. The lowest BCUT2D eigenvalue weighted by atomic mass is 10.2. The molecule has 3 rings (SSSR count). The fourth-order valence-corrected chi connectivity index (χ4v) is 1.94. The van der Waals surface area contributed by atoms with Gasteiger partial charge in [-0.2, -0.15) is 0 Å². The normalized spacial score (nSPS) is 12.9. The fraction of sp³-hybridized carbons (Fsp3) is 0.231. The van der Waals surface area contributed by atoms with Gasteiger partial charge in [0.05, 0.1) is 12.2 Å². The molecule has 86 valence electrons. The average Bonchev–Trinajstić information content (AvgIpc) is 2.85. The Morgan fingerprint density at radius 3 is 3.12 bits per heavy atom. The first kappa shape index (κ1) is 10.1. The monoisotopic (exact) mass is 226 g/mol. The van der Waals surface area contributed by atoms with Crippen molar-refractivity contribution in [3.05, 3.63) is 47.8 Å². The molecule has 2 aromatic heterocycles. The molecular formula is C13H14N4. The highest BCUT2D eigenvalue weighted by Crippen LogP contribution is 2.21. The van der Waals surface area contributed by atoms with Crippen molar-refractivity contribution in [2.45, 2.75) is 13.0 Å². The van der Waals surface area contributed by atoms with Crippen molar-refractivity contribution >= 4 is 11.6 Å². The molecule has 0 unspecified atom stereocenters. The Labute approximate surface area is 100 Å². The van der Waals surface area contributed by atoms with Crippen LogP contribution >= 0.6 is 0 Å². The van der Waals surface area contributed by atoms with Crippen molar-refractivity contribution in [3.8, 4) is 0 Å². The number of hydrogen-bond acceptors (Lipinski definition) is 4. The average molecular weight is 226 g/mol. The van der Waals surface area contributed by atoms with E-state index in [4.69, 9.17) is 0 Å². The third-order valence-electron chi connectivity index (χ3n) is 2.84. The highest BCUT2D eigenvalue weighted by molar-refractivity contribution is 5.54. The minimum Gasteiger partial charge on any atom is -0.369 e. The van der Waals surface area contributed by atoms with Gasteiger partial charge in [-0.05, 0) is 30.2 Å². The number of fused-ring (bicyclic) bond motifs is 1. The number of rotatable bonds is 3. The summed E-state index contributed by atoms with van der Waals surface area (Å²) < 4.78 is 0. The van der Waals surface area contributed by atoms with Crippen LogP contribution < -0.4 is 10.6 Å². The lowest BCUT2D eigenvalue weighted by Gasteiger charge is -2.06.